The number of benzene rings is 1. The number of nitrogens with zero attached hydrogens (tertiary/aromatic N) is 1. The fourth-order valence-corrected chi connectivity index (χ4v) is 4.72. The van der Waals surface area contributed by atoms with Crippen molar-refractivity contribution < 1.29 is 8.42 Å². The molecule has 0 spiro atoms. The van der Waals surface area contributed by atoms with Gasteiger partial charge in [-0.25, -0.2) is 13.4 Å². The molecule has 1 aliphatic rings. The van der Waals surface area contributed by atoms with Crippen LogP contribution in [-0.2, 0) is 10.0 Å². The van der Waals surface area contributed by atoms with Crippen molar-refractivity contribution in [1.29, 1.82) is 0 Å². The minimum Gasteiger partial charge on any atom is -0.283 e. The van der Waals surface area contributed by atoms with Gasteiger partial charge in [0.25, 0.3) is 0 Å². The van der Waals surface area contributed by atoms with Gasteiger partial charge in [-0.1, -0.05) is 12.8 Å². The van der Waals surface area contributed by atoms with E-state index in [2.05, 4.69) is 9.71 Å². The van der Waals surface area contributed by atoms with Crippen molar-refractivity contribution in [2.75, 3.05) is 4.72 Å². The highest BCUT2D eigenvalue weighted by Crippen LogP contribution is 2.27. The van der Waals surface area contributed by atoms with E-state index in [9.17, 15) is 8.42 Å². The fourth-order valence-electron chi connectivity index (χ4n) is 2.49. The van der Waals surface area contributed by atoms with E-state index in [1.165, 1.54) is 0 Å². The van der Waals surface area contributed by atoms with Gasteiger partial charge in [0.2, 0.25) is 10.0 Å². The van der Waals surface area contributed by atoms with Gasteiger partial charge in [-0.05, 0) is 37.1 Å². The van der Waals surface area contributed by atoms with Crippen LogP contribution in [0.5, 0.6) is 0 Å². The molecular weight excluding hydrogens is 292 g/mol. The molecule has 0 amide bonds. The first-order chi connectivity index (χ1) is 9.65. The van der Waals surface area contributed by atoms with Crippen molar-refractivity contribution in [3.63, 3.8) is 0 Å². The van der Waals surface area contributed by atoms with Gasteiger partial charge >= 0.3 is 0 Å². The van der Waals surface area contributed by atoms with Crippen LogP contribution in [0.2, 0.25) is 0 Å². The number of hydrogen-bond acceptors (Lipinski definition) is 4. The van der Waals surface area contributed by atoms with Crippen LogP contribution in [0.4, 0.5) is 5.69 Å². The summed E-state index contributed by atoms with van der Waals surface area (Å²) in [6, 6.07) is 7.38. The van der Waals surface area contributed by atoms with E-state index in [1.54, 1.807) is 29.7 Å². The average molecular weight is 308 g/mol. The van der Waals surface area contributed by atoms with Crippen molar-refractivity contribution in [2.24, 2.45) is 0 Å². The molecule has 1 fully saturated rings. The topological polar surface area (TPSA) is 59.1 Å². The summed E-state index contributed by atoms with van der Waals surface area (Å²) in [7, 11) is -3.24. The Morgan fingerprint density at radius 1 is 1.15 bits per heavy atom. The molecule has 0 unspecified atom stereocenters. The van der Waals surface area contributed by atoms with Crippen LogP contribution < -0.4 is 4.72 Å². The Kier molecular flexibility index (Phi) is 3.76. The lowest BCUT2D eigenvalue weighted by atomic mass is 10.2. The predicted octanol–water partition coefficient (Wildman–Crippen LogP) is 3.49. The molecule has 0 saturated heterocycles. The van der Waals surface area contributed by atoms with Gasteiger partial charge in [0, 0.05) is 22.8 Å². The van der Waals surface area contributed by atoms with Crippen molar-refractivity contribution in [1.82, 2.24) is 4.98 Å². The molecule has 1 heterocycles. The Hall–Kier alpha value is -1.40. The average Bonchev–Trinajstić information content (AvgIpc) is 3.13. The molecule has 1 N–H and O–H groups in total. The first-order valence-corrected chi connectivity index (χ1v) is 9.09. The molecule has 1 saturated carbocycles. The number of anilines is 1. The molecule has 0 radical (unpaired) electrons. The van der Waals surface area contributed by atoms with Gasteiger partial charge < -0.3 is 0 Å². The maximum Gasteiger partial charge on any atom is 0.235 e. The number of nitrogens with one attached hydrogen (secondary N) is 1. The summed E-state index contributed by atoms with van der Waals surface area (Å²) in [5.74, 6) is 0. The molecule has 1 aromatic carbocycles. The Morgan fingerprint density at radius 2 is 1.85 bits per heavy atom. The molecular formula is C14H16N2O2S2. The number of sulfonamides is 1. The standard InChI is InChI=1S/C14H16N2O2S2/c17-20(18,13-3-1-2-4-13)16-12-7-5-11(6-8-12)14-15-9-10-19-14/h5-10,13,16H,1-4H2. The van der Waals surface area contributed by atoms with E-state index in [4.69, 9.17) is 0 Å². The van der Waals surface area contributed by atoms with E-state index >= 15 is 0 Å². The molecule has 0 atom stereocenters. The predicted molar refractivity (Wildman–Crippen MR) is 82.3 cm³/mol. The van der Waals surface area contributed by atoms with Crippen LogP contribution in [-0.4, -0.2) is 18.7 Å². The van der Waals surface area contributed by atoms with Crippen LogP contribution in [0.3, 0.4) is 0 Å². The van der Waals surface area contributed by atoms with Crippen molar-refractivity contribution >= 4 is 27.0 Å². The molecule has 3 rings (SSSR count). The lowest BCUT2D eigenvalue weighted by Gasteiger charge is -2.13. The number of rotatable bonds is 4. The van der Waals surface area contributed by atoms with Crippen LogP contribution in [0, 0.1) is 0 Å². The molecule has 20 heavy (non-hydrogen) atoms. The van der Waals surface area contributed by atoms with Gasteiger partial charge in [-0.2, -0.15) is 0 Å². The maximum absolute atomic E-state index is 12.2. The van der Waals surface area contributed by atoms with Crippen molar-refractivity contribution in [3.8, 4) is 10.6 Å². The molecule has 0 aliphatic heterocycles. The first kappa shape index (κ1) is 13.6. The smallest absolute Gasteiger partial charge is 0.235 e. The highest BCUT2D eigenvalue weighted by atomic mass is 32.2. The fraction of sp³-hybridized carbons (Fsp3) is 0.357. The summed E-state index contributed by atoms with van der Waals surface area (Å²) in [5, 5.41) is 2.63. The third kappa shape index (κ3) is 2.86. The highest BCUT2D eigenvalue weighted by Gasteiger charge is 2.28. The zero-order valence-corrected chi connectivity index (χ0v) is 12.6. The van der Waals surface area contributed by atoms with E-state index < -0.39 is 10.0 Å². The van der Waals surface area contributed by atoms with Crippen LogP contribution >= 0.6 is 11.3 Å². The minimum absolute atomic E-state index is 0.235. The summed E-state index contributed by atoms with van der Waals surface area (Å²) < 4.78 is 27.1. The Bertz CT molecular complexity index is 658. The number of hydrogen-bond donors (Lipinski definition) is 1. The van der Waals surface area contributed by atoms with Crippen LogP contribution in [0.15, 0.2) is 35.8 Å². The van der Waals surface area contributed by atoms with E-state index in [1.807, 2.05) is 17.5 Å². The highest BCUT2D eigenvalue weighted by molar-refractivity contribution is 7.93. The molecule has 1 aromatic heterocycles. The summed E-state index contributed by atoms with van der Waals surface area (Å²) in [5.41, 5.74) is 1.63. The van der Waals surface area contributed by atoms with Crippen molar-refractivity contribution in [3.05, 3.63) is 35.8 Å². The van der Waals surface area contributed by atoms with E-state index in [0.717, 1.165) is 36.3 Å². The molecule has 1 aliphatic carbocycles. The van der Waals surface area contributed by atoms with Gasteiger partial charge in [-0.3, -0.25) is 4.72 Å². The third-order valence-electron chi connectivity index (χ3n) is 3.57. The quantitative estimate of drug-likeness (QED) is 0.940. The second kappa shape index (κ2) is 5.54. The normalized spacial score (nSPS) is 16.4. The van der Waals surface area contributed by atoms with E-state index in [0.29, 0.717) is 5.69 Å². The second-order valence-electron chi connectivity index (χ2n) is 4.97. The van der Waals surface area contributed by atoms with E-state index in [-0.39, 0.29) is 5.25 Å². The van der Waals surface area contributed by atoms with Gasteiger partial charge in [0.1, 0.15) is 5.01 Å². The third-order valence-corrected chi connectivity index (χ3v) is 6.26. The minimum atomic E-state index is -3.24. The summed E-state index contributed by atoms with van der Waals surface area (Å²) in [6.45, 7) is 0. The summed E-state index contributed by atoms with van der Waals surface area (Å²) in [4.78, 5) is 4.23. The Balaban J connectivity index is 1.75. The Morgan fingerprint density at radius 3 is 2.45 bits per heavy atom. The monoisotopic (exact) mass is 308 g/mol. The largest absolute Gasteiger partial charge is 0.283 e. The molecule has 0 bridgehead atoms. The van der Waals surface area contributed by atoms with Crippen LogP contribution in [0.1, 0.15) is 25.7 Å². The molecule has 2 aromatic rings. The van der Waals surface area contributed by atoms with Gasteiger partial charge in [-0.15, -0.1) is 11.3 Å². The first-order valence-electron chi connectivity index (χ1n) is 6.67. The Labute approximate surface area is 122 Å². The van der Waals surface area contributed by atoms with Gasteiger partial charge in [0.15, 0.2) is 0 Å². The summed E-state index contributed by atoms with van der Waals surface area (Å²) in [6.07, 6.45) is 5.32. The number of aromatic nitrogens is 1. The number of thiazole rings is 1. The zero-order chi connectivity index (χ0) is 14.0. The second-order valence-corrected chi connectivity index (χ2v) is 7.82. The van der Waals surface area contributed by atoms with Crippen LogP contribution in [0.25, 0.3) is 10.6 Å². The molecule has 4 nitrogen and oxygen atoms in total. The lowest BCUT2D eigenvalue weighted by molar-refractivity contribution is 0.585. The lowest BCUT2D eigenvalue weighted by Crippen LogP contribution is -2.25. The molecule has 106 valence electrons. The zero-order valence-electron chi connectivity index (χ0n) is 11.0. The maximum atomic E-state index is 12.2. The van der Waals surface area contributed by atoms with Gasteiger partial charge in [0.05, 0.1) is 5.25 Å². The molecule has 6 heteroatoms. The summed E-state index contributed by atoms with van der Waals surface area (Å²) >= 11 is 1.57. The van der Waals surface area contributed by atoms with Crippen molar-refractivity contribution in [2.45, 2.75) is 30.9 Å². The SMILES string of the molecule is O=S(=O)(Nc1ccc(-c2nccs2)cc1)C1CCCC1.